The van der Waals surface area contributed by atoms with Gasteiger partial charge in [-0.1, -0.05) is 17.7 Å². The number of rotatable bonds is 6. The predicted octanol–water partition coefficient (Wildman–Crippen LogP) is 1.58. The van der Waals surface area contributed by atoms with Crippen molar-refractivity contribution in [1.82, 2.24) is 5.32 Å². The number of carbonyl (C=O) groups is 1. The molecule has 1 N–H and O–H groups in total. The zero-order valence-corrected chi connectivity index (χ0v) is 10.8. The summed E-state index contributed by atoms with van der Waals surface area (Å²) >= 11 is 0. The molecule has 0 radical (unpaired) electrons. The van der Waals surface area contributed by atoms with E-state index in [9.17, 15) is 9.18 Å². The lowest BCUT2D eigenvalue weighted by Gasteiger charge is -2.17. The second-order valence-corrected chi connectivity index (χ2v) is 3.93. The van der Waals surface area contributed by atoms with Crippen LogP contribution in [0, 0.1) is 12.7 Å². The molecule has 4 nitrogen and oxygen atoms in total. The lowest BCUT2D eigenvalue weighted by molar-refractivity contribution is -0.143. The van der Waals surface area contributed by atoms with E-state index >= 15 is 0 Å². The normalized spacial score (nSPS) is 12.2. The molecule has 1 atom stereocenters. The second-order valence-electron chi connectivity index (χ2n) is 3.93. The van der Waals surface area contributed by atoms with Crippen LogP contribution < -0.4 is 5.32 Å². The van der Waals surface area contributed by atoms with E-state index in [-0.39, 0.29) is 5.56 Å². The SMILES string of the molecule is COCCNC(C(=O)OC)c1cc(C)ccc1F. The summed E-state index contributed by atoms with van der Waals surface area (Å²) in [7, 11) is 2.84. The maximum atomic E-state index is 13.7. The van der Waals surface area contributed by atoms with Gasteiger partial charge in [-0.3, -0.25) is 5.32 Å². The Morgan fingerprint density at radius 1 is 1.44 bits per heavy atom. The van der Waals surface area contributed by atoms with Gasteiger partial charge in [0.25, 0.3) is 0 Å². The minimum atomic E-state index is -0.815. The zero-order chi connectivity index (χ0) is 13.5. The smallest absolute Gasteiger partial charge is 0.327 e. The highest BCUT2D eigenvalue weighted by molar-refractivity contribution is 5.77. The molecule has 0 amide bonds. The summed E-state index contributed by atoms with van der Waals surface area (Å²) in [5, 5.41) is 2.92. The first kappa shape index (κ1) is 14.6. The van der Waals surface area contributed by atoms with Gasteiger partial charge in [-0.2, -0.15) is 0 Å². The third-order valence-electron chi connectivity index (χ3n) is 2.55. The highest BCUT2D eigenvalue weighted by atomic mass is 19.1. The molecule has 0 aliphatic rings. The van der Waals surface area contributed by atoms with Crippen LogP contribution >= 0.6 is 0 Å². The highest BCUT2D eigenvalue weighted by Crippen LogP contribution is 2.19. The van der Waals surface area contributed by atoms with E-state index in [1.807, 2.05) is 6.92 Å². The van der Waals surface area contributed by atoms with Gasteiger partial charge in [-0.25, -0.2) is 9.18 Å². The van der Waals surface area contributed by atoms with Crippen molar-refractivity contribution in [1.29, 1.82) is 0 Å². The van der Waals surface area contributed by atoms with Gasteiger partial charge in [-0.15, -0.1) is 0 Å². The third kappa shape index (κ3) is 3.78. The molecule has 100 valence electrons. The Morgan fingerprint density at radius 3 is 2.78 bits per heavy atom. The molecule has 0 fully saturated rings. The number of ether oxygens (including phenoxy) is 2. The molecule has 5 heteroatoms. The van der Waals surface area contributed by atoms with Crippen LogP contribution in [0.2, 0.25) is 0 Å². The Morgan fingerprint density at radius 2 is 2.17 bits per heavy atom. The number of methoxy groups -OCH3 is 2. The summed E-state index contributed by atoms with van der Waals surface area (Å²) in [6.07, 6.45) is 0. The second kappa shape index (κ2) is 7.08. The molecule has 18 heavy (non-hydrogen) atoms. The molecule has 0 saturated heterocycles. The van der Waals surface area contributed by atoms with Crippen LogP contribution in [0.3, 0.4) is 0 Å². The topological polar surface area (TPSA) is 47.6 Å². The van der Waals surface area contributed by atoms with Crippen molar-refractivity contribution in [2.24, 2.45) is 0 Å². The summed E-state index contributed by atoms with van der Waals surface area (Å²) in [5.41, 5.74) is 1.17. The van der Waals surface area contributed by atoms with Gasteiger partial charge in [0.2, 0.25) is 0 Å². The fourth-order valence-electron chi connectivity index (χ4n) is 1.63. The Bertz CT molecular complexity index is 409. The predicted molar refractivity (Wildman–Crippen MR) is 65.8 cm³/mol. The minimum absolute atomic E-state index is 0.290. The molecule has 1 aromatic carbocycles. The van der Waals surface area contributed by atoms with Gasteiger partial charge < -0.3 is 9.47 Å². The zero-order valence-electron chi connectivity index (χ0n) is 10.8. The molecule has 0 aliphatic carbocycles. The van der Waals surface area contributed by atoms with Gasteiger partial charge in [0, 0.05) is 19.2 Å². The van der Waals surface area contributed by atoms with Crippen molar-refractivity contribution in [3.8, 4) is 0 Å². The van der Waals surface area contributed by atoms with Crippen molar-refractivity contribution in [3.63, 3.8) is 0 Å². The van der Waals surface area contributed by atoms with Crippen LogP contribution in [0.1, 0.15) is 17.2 Å². The van der Waals surface area contributed by atoms with E-state index < -0.39 is 17.8 Å². The molecule has 1 aromatic rings. The largest absolute Gasteiger partial charge is 0.468 e. The summed E-state index contributed by atoms with van der Waals surface area (Å²) in [6.45, 7) is 2.71. The Hall–Kier alpha value is -1.46. The van der Waals surface area contributed by atoms with E-state index in [1.165, 1.54) is 13.2 Å². The van der Waals surface area contributed by atoms with Crippen molar-refractivity contribution in [2.45, 2.75) is 13.0 Å². The van der Waals surface area contributed by atoms with Crippen LogP contribution in [0.5, 0.6) is 0 Å². The fraction of sp³-hybridized carbons (Fsp3) is 0.462. The summed E-state index contributed by atoms with van der Waals surface area (Å²) < 4.78 is 23.3. The van der Waals surface area contributed by atoms with Crippen LogP contribution in [-0.4, -0.2) is 33.3 Å². The van der Waals surface area contributed by atoms with Crippen LogP contribution in [-0.2, 0) is 14.3 Å². The van der Waals surface area contributed by atoms with Gasteiger partial charge >= 0.3 is 5.97 Å². The number of hydrogen-bond donors (Lipinski definition) is 1. The number of aryl methyl sites for hydroxylation is 1. The van der Waals surface area contributed by atoms with E-state index in [1.54, 1.807) is 19.2 Å². The lowest BCUT2D eigenvalue weighted by atomic mass is 10.0. The van der Waals surface area contributed by atoms with Gasteiger partial charge in [0.1, 0.15) is 11.9 Å². The molecule has 0 aliphatic heterocycles. The first-order chi connectivity index (χ1) is 8.60. The van der Waals surface area contributed by atoms with Crippen LogP contribution in [0.25, 0.3) is 0 Å². The quantitative estimate of drug-likeness (QED) is 0.619. The number of halogens is 1. The maximum Gasteiger partial charge on any atom is 0.327 e. The Labute approximate surface area is 106 Å². The molecule has 1 rings (SSSR count). The number of benzene rings is 1. The summed E-state index contributed by atoms with van der Waals surface area (Å²) in [6, 6.07) is 3.82. The molecule has 0 aromatic heterocycles. The van der Waals surface area contributed by atoms with Crippen molar-refractivity contribution in [3.05, 3.63) is 35.1 Å². The third-order valence-corrected chi connectivity index (χ3v) is 2.55. The molecule has 0 bridgehead atoms. The van der Waals surface area contributed by atoms with Crippen molar-refractivity contribution >= 4 is 5.97 Å². The number of carbonyl (C=O) groups excluding carboxylic acids is 1. The summed E-state index contributed by atoms with van der Waals surface area (Å²) in [4.78, 5) is 11.7. The highest BCUT2D eigenvalue weighted by Gasteiger charge is 2.23. The average Bonchev–Trinajstić information content (AvgIpc) is 2.37. The van der Waals surface area contributed by atoms with E-state index in [2.05, 4.69) is 10.1 Å². The number of esters is 1. The molecule has 0 heterocycles. The molecular formula is C13H18FNO3. The van der Waals surface area contributed by atoms with Gasteiger partial charge in [-0.05, 0) is 13.0 Å². The fourth-order valence-corrected chi connectivity index (χ4v) is 1.63. The Balaban J connectivity index is 2.93. The number of hydrogen-bond acceptors (Lipinski definition) is 4. The first-order valence-electron chi connectivity index (χ1n) is 5.66. The standard InChI is InChI=1S/C13H18FNO3/c1-9-4-5-11(14)10(8-9)12(13(16)18-3)15-6-7-17-2/h4-5,8,12,15H,6-7H2,1-3H3. The maximum absolute atomic E-state index is 13.7. The van der Waals surface area contributed by atoms with Crippen LogP contribution in [0.4, 0.5) is 4.39 Å². The van der Waals surface area contributed by atoms with E-state index in [0.717, 1.165) is 5.56 Å². The van der Waals surface area contributed by atoms with Crippen molar-refractivity contribution in [2.75, 3.05) is 27.4 Å². The lowest BCUT2D eigenvalue weighted by Crippen LogP contribution is -2.32. The molecular weight excluding hydrogens is 237 g/mol. The average molecular weight is 255 g/mol. The Kier molecular flexibility index (Phi) is 5.74. The number of nitrogens with one attached hydrogen (secondary N) is 1. The minimum Gasteiger partial charge on any atom is -0.468 e. The van der Waals surface area contributed by atoms with E-state index in [4.69, 9.17) is 4.74 Å². The molecule has 0 spiro atoms. The first-order valence-corrected chi connectivity index (χ1v) is 5.66. The van der Waals surface area contributed by atoms with Crippen LogP contribution in [0.15, 0.2) is 18.2 Å². The summed E-state index contributed by atoms with van der Waals surface area (Å²) in [5.74, 6) is -0.948. The molecule has 1 unspecified atom stereocenters. The van der Waals surface area contributed by atoms with Gasteiger partial charge in [0.05, 0.1) is 13.7 Å². The van der Waals surface area contributed by atoms with Crippen molar-refractivity contribution < 1.29 is 18.7 Å². The molecule has 0 saturated carbocycles. The van der Waals surface area contributed by atoms with Gasteiger partial charge in [0.15, 0.2) is 0 Å². The van der Waals surface area contributed by atoms with E-state index in [0.29, 0.717) is 13.2 Å². The monoisotopic (exact) mass is 255 g/mol.